The Morgan fingerprint density at radius 3 is 2.56 bits per heavy atom. The number of pyridine rings is 1. The van der Waals surface area contributed by atoms with Gasteiger partial charge in [-0.25, -0.2) is 0 Å². The van der Waals surface area contributed by atoms with Gasteiger partial charge in [-0.2, -0.15) is 0 Å². The molecule has 42 valence electrons. The van der Waals surface area contributed by atoms with Gasteiger partial charge in [-0.15, -0.1) is 0 Å². The quantitative estimate of drug-likeness (QED) is 0.496. The predicted molar refractivity (Wildman–Crippen MR) is 41.5 cm³/mol. The van der Waals surface area contributed by atoms with Gasteiger partial charge in [0.2, 0.25) is 0 Å². The number of nitrogens with zero attached hydrogens (tertiary/aromatic N) is 1. The Bertz CT molecular complexity index is 172. The van der Waals surface area contributed by atoms with Crippen LogP contribution in [0.25, 0.3) is 6.08 Å². The molecule has 2 heteroatoms. The van der Waals surface area contributed by atoms with Gasteiger partial charge in [-0.05, 0) is 18.2 Å². The van der Waals surface area contributed by atoms with E-state index in [1.165, 1.54) is 0 Å². The molecule has 0 aliphatic heterocycles. The van der Waals surface area contributed by atoms with Crippen LogP contribution in [0.15, 0.2) is 31.0 Å². The first kappa shape index (κ1) is 8.49. The van der Waals surface area contributed by atoms with Gasteiger partial charge in [0.1, 0.15) is 0 Å². The van der Waals surface area contributed by atoms with Crippen LogP contribution < -0.4 is 0 Å². The van der Waals surface area contributed by atoms with E-state index in [1.54, 1.807) is 12.3 Å². The van der Waals surface area contributed by atoms with E-state index in [-0.39, 0.29) is 18.9 Å². The Balaban J connectivity index is 0.000000640. The standard InChI is InChI=1S/C7H7N.Li.H/c1-2-7-5-3-4-6-8-7;;/h2-6H,1H2;;. The van der Waals surface area contributed by atoms with Crippen molar-refractivity contribution in [1.29, 1.82) is 0 Å². The second-order valence-electron chi connectivity index (χ2n) is 1.46. The van der Waals surface area contributed by atoms with Crippen LogP contribution in [-0.4, -0.2) is 23.8 Å². The summed E-state index contributed by atoms with van der Waals surface area (Å²) in [4.78, 5) is 3.98. The summed E-state index contributed by atoms with van der Waals surface area (Å²) in [6, 6.07) is 5.73. The summed E-state index contributed by atoms with van der Waals surface area (Å²) in [5.74, 6) is 0. The fraction of sp³-hybridized carbons (Fsp3) is 0. The Labute approximate surface area is 67.0 Å². The van der Waals surface area contributed by atoms with Crippen LogP contribution >= 0.6 is 0 Å². The first-order valence-corrected chi connectivity index (χ1v) is 2.47. The average Bonchev–Trinajstić information content (AvgIpc) is 1.90. The fourth-order valence-electron chi connectivity index (χ4n) is 0.497. The third kappa shape index (κ3) is 2.50. The number of rotatable bonds is 1. The van der Waals surface area contributed by atoms with Gasteiger partial charge in [0.25, 0.3) is 0 Å². The molecule has 0 radical (unpaired) electrons. The van der Waals surface area contributed by atoms with Crippen LogP contribution in [-0.2, 0) is 0 Å². The molecular formula is C7H8LiN. The Morgan fingerprint density at radius 1 is 1.44 bits per heavy atom. The second-order valence-corrected chi connectivity index (χ2v) is 1.46. The van der Waals surface area contributed by atoms with Crippen LogP contribution in [0.1, 0.15) is 5.69 Å². The Morgan fingerprint density at radius 2 is 2.22 bits per heavy atom. The zero-order chi connectivity index (χ0) is 5.82. The molecule has 0 spiro atoms. The maximum atomic E-state index is 3.98. The van der Waals surface area contributed by atoms with Crippen molar-refractivity contribution in [2.24, 2.45) is 0 Å². The summed E-state index contributed by atoms with van der Waals surface area (Å²) in [6.45, 7) is 3.57. The average molecular weight is 113 g/mol. The van der Waals surface area contributed by atoms with E-state index in [0.29, 0.717) is 0 Å². The zero-order valence-electron chi connectivity index (χ0n) is 4.54. The van der Waals surface area contributed by atoms with Gasteiger partial charge in [-0.1, -0.05) is 12.6 Å². The summed E-state index contributed by atoms with van der Waals surface area (Å²) in [5.41, 5.74) is 0.924. The number of hydrogen-bond donors (Lipinski definition) is 0. The SMILES string of the molecule is C=Cc1ccccn1.[LiH]. The molecule has 1 heterocycles. The molecule has 0 unspecified atom stereocenters. The summed E-state index contributed by atoms with van der Waals surface area (Å²) < 4.78 is 0. The number of hydrogen-bond acceptors (Lipinski definition) is 1. The zero-order valence-corrected chi connectivity index (χ0v) is 4.54. The second kappa shape index (κ2) is 4.37. The minimum atomic E-state index is 0. The van der Waals surface area contributed by atoms with Crippen LogP contribution in [0.5, 0.6) is 0 Å². The van der Waals surface area contributed by atoms with Gasteiger partial charge in [0, 0.05) is 6.20 Å². The predicted octanol–water partition coefficient (Wildman–Crippen LogP) is 1.08. The molecule has 0 aliphatic rings. The van der Waals surface area contributed by atoms with Crippen molar-refractivity contribution in [3.05, 3.63) is 36.7 Å². The summed E-state index contributed by atoms with van der Waals surface area (Å²) >= 11 is 0. The van der Waals surface area contributed by atoms with Gasteiger partial charge in [0.15, 0.2) is 0 Å². The summed E-state index contributed by atoms with van der Waals surface area (Å²) in [7, 11) is 0. The van der Waals surface area contributed by atoms with E-state index < -0.39 is 0 Å². The molecule has 0 fully saturated rings. The van der Waals surface area contributed by atoms with Crippen molar-refractivity contribution in [1.82, 2.24) is 4.98 Å². The van der Waals surface area contributed by atoms with E-state index in [2.05, 4.69) is 11.6 Å². The van der Waals surface area contributed by atoms with E-state index >= 15 is 0 Å². The maximum absolute atomic E-state index is 3.98. The van der Waals surface area contributed by atoms with Gasteiger partial charge >= 0.3 is 18.9 Å². The van der Waals surface area contributed by atoms with Crippen molar-refractivity contribution < 1.29 is 0 Å². The molecule has 0 N–H and O–H groups in total. The minimum absolute atomic E-state index is 0. The summed E-state index contributed by atoms with van der Waals surface area (Å²) in [5, 5.41) is 0. The first-order chi connectivity index (χ1) is 3.93. The third-order valence-electron chi connectivity index (χ3n) is 0.897. The van der Waals surface area contributed by atoms with Gasteiger partial charge < -0.3 is 0 Å². The van der Waals surface area contributed by atoms with E-state index in [4.69, 9.17) is 0 Å². The van der Waals surface area contributed by atoms with Crippen LogP contribution in [0.3, 0.4) is 0 Å². The molecule has 9 heavy (non-hydrogen) atoms. The van der Waals surface area contributed by atoms with Gasteiger partial charge in [-0.3, -0.25) is 4.98 Å². The topological polar surface area (TPSA) is 12.9 Å². The molecule has 1 aromatic heterocycles. The molecule has 0 aromatic carbocycles. The van der Waals surface area contributed by atoms with E-state index in [0.717, 1.165) is 5.69 Å². The van der Waals surface area contributed by atoms with Crippen LogP contribution in [0.4, 0.5) is 0 Å². The molecular weight excluding hydrogens is 105 g/mol. The van der Waals surface area contributed by atoms with Crippen molar-refractivity contribution >= 4 is 24.9 Å². The summed E-state index contributed by atoms with van der Waals surface area (Å²) in [6.07, 6.45) is 3.47. The van der Waals surface area contributed by atoms with Gasteiger partial charge in [0.05, 0.1) is 5.69 Å². The van der Waals surface area contributed by atoms with Crippen LogP contribution in [0, 0.1) is 0 Å². The van der Waals surface area contributed by atoms with Crippen molar-refractivity contribution in [3.8, 4) is 0 Å². The molecule has 0 amide bonds. The third-order valence-corrected chi connectivity index (χ3v) is 0.897. The molecule has 0 saturated carbocycles. The van der Waals surface area contributed by atoms with E-state index in [1.807, 2.05) is 18.2 Å². The van der Waals surface area contributed by atoms with Crippen molar-refractivity contribution in [3.63, 3.8) is 0 Å². The van der Waals surface area contributed by atoms with Crippen LogP contribution in [0.2, 0.25) is 0 Å². The van der Waals surface area contributed by atoms with Crippen molar-refractivity contribution in [2.45, 2.75) is 0 Å². The Kier molecular flexibility index (Phi) is 4.13. The monoisotopic (exact) mass is 113 g/mol. The first-order valence-electron chi connectivity index (χ1n) is 2.47. The molecule has 0 aliphatic carbocycles. The Hall–Kier alpha value is -0.513. The molecule has 1 rings (SSSR count). The molecule has 1 nitrogen and oxygen atoms in total. The number of aromatic nitrogens is 1. The molecule has 0 bridgehead atoms. The molecule has 0 saturated heterocycles. The normalized spacial score (nSPS) is 7.56. The van der Waals surface area contributed by atoms with Crippen molar-refractivity contribution in [2.75, 3.05) is 0 Å². The van der Waals surface area contributed by atoms with E-state index in [9.17, 15) is 0 Å². The fourth-order valence-corrected chi connectivity index (χ4v) is 0.497. The molecule has 1 aromatic rings. The molecule has 0 atom stereocenters.